The Morgan fingerprint density at radius 3 is 2.15 bits per heavy atom. The third kappa shape index (κ3) is 16.3. The Labute approximate surface area is 200 Å². The molecular formula is C24H39N9. The fourth-order valence-corrected chi connectivity index (χ4v) is 2.86. The van der Waals surface area contributed by atoms with Crippen molar-refractivity contribution in [3.63, 3.8) is 0 Å². The van der Waals surface area contributed by atoms with E-state index in [9.17, 15) is 0 Å². The maximum Gasteiger partial charge on any atom is 0.272 e. The number of nitrogens with one attached hydrogen (secondary N) is 1. The summed E-state index contributed by atoms with van der Waals surface area (Å²) in [5.74, 6) is 0. The summed E-state index contributed by atoms with van der Waals surface area (Å²) in [6.07, 6.45) is 2.00. The highest BCUT2D eigenvalue weighted by atomic mass is 15.4. The van der Waals surface area contributed by atoms with Crippen LogP contribution in [-0.4, -0.2) is 68.8 Å². The molecule has 180 valence electrons. The SMILES string of the molecule is CC.NCCN.[C-]#[N+]CCCCNCC#N.[C-]#[N+]CN1CCN(CC#N)C1c1ccccc1. The van der Waals surface area contributed by atoms with Crippen LogP contribution in [0.2, 0.25) is 0 Å². The molecule has 9 heteroatoms. The molecule has 9 nitrogen and oxygen atoms in total. The predicted octanol–water partition coefficient (Wildman–Crippen LogP) is 2.43. The van der Waals surface area contributed by atoms with Gasteiger partial charge in [0.15, 0.2) is 0 Å². The van der Waals surface area contributed by atoms with Crippen LogP contribution in [0.15, 0.2) is 30.3 Å². The molecule has 1 atom stereocenters. The number of nitriles is 2. The lowest BCUT2D eigenvalue weighted by Crippen LogP contribution is -2.31. The summed E-state index contributed by atoms with van der Waals surface area (Å²) < 4.78 is 0. The first kappa shape index (κ1) is 32.2. The molecule has 1 unspecified atom stereocenters. The van der Waals surface area contributed by atoms with Crippen molar-refractivity contribution in [3.05, 3.63) is 58.7 Å². The highest BCUT2D eigenvalue weighted by Crippen LogP contribution is 2.29. The van der Waals surface area contributed by atoms with Crippen molar-refractivity contribution in [2.24, 2.45) is 11.5 Å². The van der Waals surface area contributed by atoms with Crippen molar-refractivity contribution in [3.8, 4) is 12.1 Å². The molecule has 1 aliphatic rings. The van der Waals surface area contributed by atoms with Crippen LogP contribution < -0.4 is 16.8 Å². The molecule has 0 saturated carbocycles. The molecule has 0 aromatic heterocycles. The molecule has 0 amide bonds. The number of unbranched alkanes of at least 4 members (excludes halogenated alkanes) is 1. The standard InChI is InChI=1S/C13H14N4.C7H11N3.C2H8N2.C2H6/c1-15-11-17-10-9-16(8-7-14)13(17)12-5-3-2-4-6-12;1-9-5-2-3-6-10-7-4-8;3-1-2-4;1-2/h2-6,13H,8-11H2;10H,2-3,5-7H2;1-4H2;1-2H3. The fourth-order valence-electron chi connectivity index (χ4n) is 2.86. The normalized spacial score (nSPS) is 14.4. The van der Waals surface area contributed by atoms with E-state index in [1.807, 2.05) is 38.1 Å². The Morgan fingerprint density at radius 1 is 1.00 bits per heavy atom. The summed E-state index contributed by atoms with van der Waals surface area (Å²) in [7, 11) is 0. The smallest absolute Gasteiger partial charge is 0.272 e. The minimum absolute atomic E-state index is 0.0740. The number of nitrogens with two attached hydrogens (primary N) is 2. The van der Waals surface area contributed by atoms with E-state index in [2.05, 4.69) is 43.0 Å². The second-order valence-electron chi connectivity index (χ2n) is 6.53. The van der Waals surface area contributed by atoms with E-state index in [-0.39, 0.29) is 6.17 Å². The van der Waals surface area contributed by atoms with E-state index in [0.717, 1.165) is 38.0 Å². The van der Waals surface area contributed by atoms with Gasteiger partial charge in [0, 0.05) is 32.6 Å². The maximum absolute atomic E-state index is 8.84. The van der Waals surface area contributed by atoms with Crippen LogP contribution in [-0.2, 0) is 0 Å². The number of hydrogen-bond acceptors (Lipinski definition) is 7. The van der Waals surface area contributed by atoms with Crippen LogP contribution in [0.1, 0.15) is 38.4 Å². The largest absolute Gasteiger partial charge is 0.329 e. The van der Waals surface area contributed by atoms with Crippen molar-refractivity contribution in [1.29, 1.82) is 10.5 Å². The van der Waals surface area contributed by atoms with Gasteiger partial charge < -0.3 is 21.6 Å². The fraction of sp³-hybridized carbons (Fsp3) is 0.583. The van der Waals surface area contributed by atoms with Gasteiger partial charge in [-0.3, -0.25) is 9.74 Å². The van der Waals surface area contributed by atoms with Gasteiger partial charge in [0.05, 0.1) is 31.4 Å². The van der Waals surface area contributed by atoms with Crippen LogP contribution in [0.25, 0.3) is 9.69 Å². The summed E-state index contributed by atoms with van der Waals surface area (Å²) in [6.45, 7) is 23.0. The number of nitrogens with zero attached hydrogens (tertiary/aromatic N) is 6. The van der Waals surface area contributed by atoms with Crippen LogP contribution in [0.3, 0.4) is 0 Å². The molecule has 1 heterocycles. The number of hydrogen-bond donors (Lipinski definition) is 3. The minimum Gasteiger partial charge on any atom is -0.329 e. The molecule has 1 aromatic carbocycles. The highest BCUT2D eigenvalue weighted by Gasteiger charge is 2.34. The Morgan fingerprint density at radius 2 is 1.64 bits per heavy atom. The third-order valence-corrected chi connectivity index (χ3v) is 4.23. The molecule has 33 heavy (non-hydrogen) atoms. The van der Waals surface area contributed by atoms with E-state index < -0.39 is 0 Å². The topological polar surface area (TPSA) is 127 Å². The number of benzene rings is 1. The monoisotopic (exact) mass is 453 g/mol. The van der Waals surface area contributed by atoms with Gasteiger partial charge in [-0.05, 0) is 18.5 Å². The lowest BCUT2D eigenvalue weighted by Gasteiger charge is -2.26. The Hall–Kier alpha value is -3.02. The molecule has 1 saturated heterocycles. The Kier molecular flexibility index (Phi) is 24.6. The van der Waals surface area contributed by atoms with Gasteiger partial charge in [-0.25, -0.2) is 18.0 Å². The van der Waals surface area contributed by atoms with Crippen LogP contribution in [0.5, 0.6) is 0 Å². The summed E-state index contributed by atoms with van der Waals surface area (Å²) in [6, 6.07) is 14.3. The molecule has 2 rings (SSSR count). The van der Waals surface area contributed by atoms with E-state index in [4.69, 9.17) is 35.1 Å². The van der Waals surface area contributed by atoms with Crippen molar-refractivity contribution in [1.82, 2.24) is 15.1 Å². The minimum atomic E-state index is 0.0740. The zero-order valence-electron chi connectivity index (χ0n) is 20.1. The lowest BCUT2D eigenvalue weighted by atomic mass is 10.1. The molecular weight excluding hydrogens is 414 g/mol. The van der Waals surface area contributed by atoms with Crippen LogP contribution >= 0.6 is 0 Å². The van der Waals surface area contributed by atoms with Crippen LogP contribution in [0, 0.1) is 35.8 Å². The van der Waals surface area contributed by atoms with Crippen molar-refractivity contribution in [2.45, 2.75) is 32.9 Å². The summed E-state index contributed by atoms with van der Waals surface area (Å²) >= 11 is 0. The van der Waals surface area contributed by atoms with Gasteiger partial charge >= 0.3 is 0 Å². The number of rotatable bonds is 9. The first-order valence-electron chi connectivity index (χ1n) is 11.2. The van der Waals surface area contributed by atoms with E-state index in [1.54, 1.807) is 0 Å². The van der Waals surface area contributed by atoms with Gasteiger partial charge in [0.2, 0.25) is 6.54 Å². The summed E-state index contributed by atoms with van der Waals surface area (Å²) in [5, 5.41) is 19.9. The van der Waals surface area contributed by atoms with E-state index in [0.29, 0.717) is 39.4 Å². The average molecular weight is 454 g/mol. The zero-order chi connectivity index (χ0) is 25.2. The zero-order valence-corrected chi connectivity index (χ0v) is 20.1. The Bertz CT molecular complexity index is 682. The van der Waals surface area contributed by atoms with Gasteiger partial charge in [0.1, 0.15) is 0 Å². The first-order valence-corrected chi connectivity index (χ1v) is 11.2. The molecule has 0 aliphatic carbocycles. The summed E-state index contributed by atoms with van der Waals surface area (Å²) in [5.41, 5.74) is 11.0. The van der Waals surface area contributed by atoms with Crippen molar-refractivity contribution < 1.29 is 0 Å². The van der Waals surface area contributed by atoms with Gasteiger partial charge in [-0.2, -0.15) is 10.5 Å². The molecule has 0 radical (unpaired) electrons. The first-order chi connectivity index (χ1) is 16.2. The van der Waals surface area contributed by atoms with Crippen LogP contribution in [0.4, 0.5) is 0 Å². The summed E-state index contributed by atoms with van der Waals surface area (Å²) in [4.78, 5) is 10.9. The van der Waals surface area contributed by atoms with Gasteiger partial charge in [0.25, 0.3) is 6.67 Å². The molecule has 1 fully saturated rings. The molecule has 5 N–H and O–H groups in total. The van der Waals surface area contributed by atoms with Gasteiger partial charge in [-0.15, -0.1) is 0 Å². The molecule has 0 bridgehead atoms. The van der Waals surface area contributed by atoms with E-state index >= 15 is 0 Å². The molecule has 1 aliphatic heterocycles. The second-order valence-corrected chi connectivity index (χ2v) is 6.53. The van der Waals surface area contributed by atoms with Crippen molar-refractivity contribution >= 4 is 0 Å². The van der Waals surface area contributed by atoms with E-state index in [1.165, 1.54) is 0 Å². The highest BCUT2D eigenvalue weighted by molar-refractivity contribution is 5.20. The predicted molar refractivity (Wildman–Crippen MR) is 133 cm³/mol. The Balaban J connectivity index is 0. The molecule has 1 aromatic rings. The average Bonchev–Trinajstić information content (AvgIpc) is 3.26. The molecule has 0 spiro atoms. The second kappa shape index (κ2) is 25.2. The van der Waals surface area contributed by atoms with Crippen molar-refractivity contribution in [2.75, 3.05) is 59.0 Å². The van der Waals surface area contributed by atoms with Gasteiger partial charge in [-0.1, -0.05) is 44.2 Å². The third-order valence-electron chi connectivity index (χ3n) is 4.23. The lowest BCUT2D eigenvalue weighted by molar-refractivity contribution is 0.161. The maximum atomic E-state index is 8.84. The quantitative estimate of drug-likeness (QED) is 0.298.